The van der Waals surface area contributed by atoms with Gasteiger partial charge >= 0.3 is 0 Å². The maximum atomic E-state index is 11.9. The van der Waals surface area contributed by atoms with Crippen molar-refractivity contribution in [2.24, 2.45) is 0 Å². The molecular weight excluding hydrogens is 248 g/mol. The van der Waals surface area contributed by atoms with Crippen LogP contribution >= 0.6 is 0 Å². The Kier molecular flexibility index (Phi) is 4.88. The molecule has 1 unspecified atom stereocenters. The molecule has 0 fully saturated rings. The third kappa shape index (κ3) is 4.19. The van der Waals surface area contributed by atoms with Gasteiger partial charge in [0.05, 0.1) is 0 Å². The van der Waals surface area contributed by atoms with Crippen LogP contribution in [0.4, 0.5) is 0 Å². The van der Waals surface area contributed by atoms with Crippen molar-refractivity contribution in [3.05, 3.63) is 65.5 Å². The van der Waals surface area contributed by atoms with Crippen molar-refractivity contribution in [3.63, 3.8) is 0 Å². The molecule has 20 heavy (non-hydrogen) atoms. The van der Waals surface area contributed by atoms with Crippen molar-refractivity contribution < 1.29 is 4.79 Å². The molecule has 3 nitrogen and oxygen atoms in total. The molecule has 0 saturated carbocycles. The first kappa shape index (κ1) is 14.3. The highest BCUT2D eigenvalue weighted by atomic mass is 16.1. The van der Waals surface area contributed by atoms with Crippen molar-refractivity contribution in [1.82, 2.24) is 10.3 Å². The van der Waals surface area contributed by atoms with Crippen molar-refractivity contribution in [3.8, 4) is 0 Å². The molecule has 1 aromatic heterocycles. The number of carbonyl (C=O) groups is 1. The summed E-state index contributed by atoms with van der Waals surface area (Å²) in [5.74, 6) is 0.253. The standard InChI is InChI=1S/C17H20N2O/c1-13-5-7-15(8-6-13)11-19-17(20)10-14(2)16-4-3-9-18-12-16/h3-9,12,14H,10-11H2,1-2H3,(H,19,20). The number of hydrogen-bond donors (Lipinski definition) is 1. The molecule has 0 spiro atoms. The van der Waals surface area contributed by atoms with Crippen LogP contribution in [0.3, 0.4) is 0 Å². The number of amides is 1. The molecule has 3 heteroatoms. The molecule has 0 aliphatic carbocycles. The summed E-state index contributed by atoms with van der Waals surface area (Å²) in [7, 11) is 0. The Morgan fingerprint density at radius 1 is 1.25 bits per heavy atom. The quantitative estimate of drug-likeness (QED) is 0.904. The lowest BCUT2D eigenvalue weighted by Crippen LogP contribution is -2.24. The summed E-state index contributed by atoms with van der Waals surface area (Å²) in [5, 5.41) is 2.96. The van der Waals surface area contributed by atoms with E-state index in [0.717, 1.165) is 11.1 Å². The molecule has 1 aromatic carbocycles. The fourth-order valence-corrected chi connectivity index (χ4v) is 2.04. The van der Waals surface area contributed by atoms with Gasteiger partial charge < -0.3 is 5.32 Å². The Morgan fingerprint density at radius 3 is 2.65 bits per heavy atom. The van der Waals surface area contributed by atoms with Gasteiger partial charge in [-0.25, -0.2) is 0 Å². The van der Waals surface area contributed by atoms with E-state index in [9.17, 15) is 4.79 Å². The van der Waals surface area contributed by atoms with E-state index in [0.29, 0.717) is 13.0 Å². The van der Waals surface area contributed by atoms with Crippen LogP contribution in [-0.2, 0) is 11.3 Å². The first-order chi connectivity index (χ1) is 9.65. The van der Waals surface area contributed by atoms with Gasteiger partial charge in [0.2, 0.25) is 5.91 Å². The van der Waals surface area contributed by atoms with Gasteiger partial charge in [-0.2, -0.15) is 0 Å². The maximum absolute atomic E-state index is 11.9. The van der Waals surface area contributed by atoms with Gasteiger partial charge in [0, 0.05) is 25.4 Å². The second kappa shape index (κ2) is 6.85. The Labute approximate surface area is 120 Å². The molecule has 0 aliphatic heterocycles. The highest BCUT2D eigenvalue weighted by Crippen LogP contribution is 2.17. The Hall–Kier alpha value is -2.16. The Bertz CT molecular complexity index is 549. The summed E-state index contributed by atoms with van der Waals surface area (Å²) in [4.78, 5) is 16.0. The molecule has 1 N–H and O–H groups in total. The zero-order chi connectivity index (χ0) is 14.4. The number of rotatable bonds is 5. The van der Waals surface area contributed by atoms with Crippen LogP contribution in [0.25, 0.3) is 0 Å². The number of aryl methyl sites for hydroxylation is 1. The second-order valence-electron chi connectivity index (χ2n) is 5.15. The van der Waals surface area contributed by atoms with Crippen LogP contribution in [0.5, 0.6) is 0 Å². The third-order valence-electron chi connectivity index (χ3n) is 3.36. The van der Waals surface area contributed by atoms with E-state index in [-0.39, 0.29) is 11.8 Å². The van der Waals surface area contributed by atoms with Crippen molar-refractivity contribution >= 4 is 5.91 Å². The molecule has 0 bridgehead atoms. The van der Waals surface area contributed by atoms with E-state index >= 15 is 0 Å². The number of carbonyl (C=O) groups excluding carboxylic acids is 1. The Balaban J connectivity index is 1.82. The fraction of sp³-hybridized carbons (Fsp3) is 0.294. The molecule has 0 saturated heterocycles. The lowest BCUT2D eigenvalue weighted by atomic mass is 9.99. The normalized spacial score (nSPS) is 11.9. The number of benzene rings is 1. The zero-order valence-corrected chi connectivity index (χ0v) is 12.0. The van der Waals surface area contributed by atoms with E-state index < -0.39 is 0 Å². The minimum absolute atomic E-state index is 0.0712. The predicted molar refractivity (Wildman–Crippen MR) is 80.3 cm³/mol. The SMILES string of the molecule is Cc1ccc(CNC(=O)CC(C)c2cccnc2)cc1. The van der Waals surface area contributed by atoms with Crippen LogP contribution in [0.2, 0.25) is 0 Å². The summed E-state index contributed by atoms with van der Waals surface area (Å²) in [5.41, 5.74) is 3.45. The number of nitrogens with zero attached hydrogens (tertiary/aromatic N) is 1. The summed E-state index contributed by atoms with van der Waals surface area (Å²) >= 11 is 0. The van der Waals surface area contributed by atoms with Gasteiger partial charge in [-0.3, -0.25) is 9.78 Å². The smallest absolute Gasteiger partial charge is 0.220 e. The van der Waals surface area contributed by atoms with Gasteiger partial charge in [0.1, 0.15) is 0 Å². The maximum Gasteiger partial charge on any atom is 0.220 e. The number of hydrogen-bond acceptors (Lipinski definition) is 2. The molecule has 104 valence electrons. The summed E-state index contributed by atoms with van der Waals surface area (Å²) in [6, 6.07) is 12.1. The fourth-order valence-electron chi connectivity index (χ4n) is 2.04. The average molecular weight is 268 g/mol. The van der Waals surface area contributed by atoms with E-state index in [1.165, 1.54) is 5.56 Å². The number of pyridine rings is 1. The predicted octanol–water partition coefficient (Wildman–Crippen LogP) is 3.20. The first-order valence-electron chi connectivity index (χ1n) is 6.87. The topological polar surface area (TPSA) is 42.0 Å². The first-order valence-corrected chi connectivity index (χ1v) is 6.87. The molecule has 1 amide bonds. The van der Waals surface area contributed by atoms with Gasteiger partial charge in [0.25, 0.3) is 0 Å². The van der Waals surface area contributed by atoms with Gasteiger partial charge in [-0.1, -0.05) is 42.8 Å². The Morgan fingerprint density at radius 2 is 2.00 bits per heavy atom. The van der Waals surface area contributed by atoms with Gasteiger partial charge in [-0.05, 0) is 30.0 Å². The summed E-state index contributed by atoms with van der Waals surface area (Å²) in [6.45, 7) is 4.68. The third-order valence-corrected chi connectivity index (χ3v) is 3.36. The largest absolute Gasteiger partial charge is 0.352 e. The average Bonchev–Trinajstić information content (AvgIpc) is 2.47. The van der Waals surface area contributed by atoms with E-state index in [1.54, 1.807) is 6.20 Å². The van der Waals surface area contributed by atoms with Crippen LogP contribution in [0.1, 0.15) is 36.0 Å². The van der Waals surface area contributed by atoms with Crippen LogP contribution in [0, 0.1) is 6.92 Å². The van der Waals surface area contributed by atoms with Crippen LogP contribution in [-0.4, -0.2) is 10.9 Å². The monoisotopic (exact) mass is 268 g/mol. The lowest BCUT2D eigenvalue weighted by Gasteiger charge is -2.11. The van der Waals surface area contributed by atoms with E-state index in [4.69, 9.17) is 0 Å². The zero-order valence-electron chi connectivity index (χ0n) is 12.0. The highest BCUT2D eigenvalue weighted by Gasteiger charge is 2.10. The van der Waals surface area contributed by atoms with Crippen LogP contribution in [0.15, 0.2) is 48.8 Å². The summed E-state index contributed by atoms with van der Waals surface area (Å²) in [6.07, 6.45) is 4.04. The van der Waals surface area contributed by atoms with Crippen LogP contribution < -0.4 is 5.32 Å². The highest BCUT2D eigenvalue weighted by molar-refractivity contribution is 5.76. The van der Waals surface area contributed by atoms with Crippen molar-refractivity contribution in [2.45, 2.75) is 32.7 Å². The molecule has 2 aromatic rings. The number of aromatic nitrogens is 1. The molecule has 1 heterocycles. The molecule has 0 aliphatic rings. The van der Waals surface area contributed by atoms with Gasteiger partial charge in [-0.15, -0.1) is 0 Å². The minimum atomic E-state index is 0.0712. The molecular formula is C17H20N2O. The molecule has 2 rings (SSSR count). The lowest BCUT2D eigenvalue weighted by molar-refractivity contribution is -0.121. The molecule has 1 atom stereocenters. The van der Waals surface area contributed by atoms with Crippen molar-refractivity contribution in [1.29, 1.82) is 0 Å². The summed E-state index contributed by atoms with van der Waals surface area (Å²) < 4.78 is 0. The minimum Gasteiger partial charge on any atom is -0.352 e. The van der Waals surface area contributed by atoms with E-state index in [2.05, 4.69) is 29.4 Å². The van der Waals surface area contributed by atoms with Gasteiger partial charge in [0.15, 0.2) is 0 Å². The van der Waals surface area contributed by atoms with Crippen molar-refractivity contribution in [2.75, 3.05) is 0 Å². The second-order valence-corrected chi connectivity index (χ2v) is 5.15. The van der Waals surface area contributed by atoms with E-state index in [1.807, 2.05) is 37.4 Å². The molecule has 0 radical (unpaired) electrons. The number of nitrogens with one attached hydrogen (secondary N) is 1.